The number of nitrogens with zero attached hydrogens (tertiary/aromatic N) is 5. The van der Waals surface area contributed by atoms with E-state index in [-0.39, 0.29) is 18.7 Å². The summed E-state index contributed by atoms with van der Waals surface area (Å²) in [5.74, 6) is 1.17. The van der Waals surface area contributed by atoms with Gasteiger partial charge in [-0.05, 0) is 45.4 Å². The molecule has 0 saturated carbocycles. The van der Waals surface area contributed by atoms with Gasteiger partial charge in [-0.1, -0.05) is 5.11 Å². The quantitative estimate of drug-likeness (QED) is 0.478. The number of nitrogens with one attached hydrogen (secondary N) is 1. The van der Waals surface area contributed by atoms with Crippen molar-refractivity contribution in [2.45, 2.75) is 52.0 Å². The SMILES string of the molecule is C[C@@H](Cn1ncc2ccc3c(c21)O[C@@H](CN=[N+]=[N-])CO3)NC(=O)OC(C)(C)C. The van der Waals surface area contributed by atoms with Gasteiger partial charge in [-0.3, -0.25) is 4.68 Å². The molecule has 1 aliphatic rings. The number of amides is 1. The zero-order valence-corrected chi connectivity index (χ0v) is 16.4. The minimum absolute atomic E-state index is 0.178. The molecule has 0 radical (unpaired) electrons. The smallest absolute Gasteiger partial charge is 0.407 e. The van der Waals surface area contributed by atoms with Crippen molar-refractivity contribution >= 4 is 17.0 Å². The minimum Gasteiger partial charge on any atom is -0.486 e. The summed E-state index contributed by atoms with van der Waals surface area (Å²) in [5.41, 5.74) is 8.72. The highest BCUT2D eigenvalue weighted by molar-refractivity contribution is 5.87. The number of carbonyl (C=O) groups is 1. The van der Waals surface area contributed by atoms with Gasteiger partial charge in [0.05, 0.1) is 19.3 Å². The van der Waals surface area contributed by atoms with Crippen molar-refractivity contribution in [2.24, 2.45) is 5.11 Å². The first kappa shape index (κ1) is 19.6. The predicted molar refractivity (Wildman–Crippen MR) is 102 cm³/mol. The van der Waals surface area contributed by atoms with Crippen molar-refractivity contribution in [3.8, 4) is 11.5 Å². The molecule has 150 valence electrons. The van der Waals surface area contributed by atoms with E-state index in [1.807, 2.05) is 39.8 Å². The molecule has 2 aromatic rings. The van der Waals surface area contributed by atoms with E-state index in [2.05, 4.69) is 20.4 Å². The van der Waals surface area contributed by atoms with Crippen LogP contribution in [0.25, 0.3) is 21.3 Å². The minimum atomic E-state index is -0.562. The van der Waals surface area contributed by atoms with Crippen LogP contribution in [-0.2, 0) is 11.3 Å². The molecule has 0 saturated heterocycles. The van der Waals surface area contributed by atoms with E-state index in [0.29, 0.717) is 24.7 Å². The van der Waals surface area contributed by atoms with E-state index >= 15 is 0 Å². The molecule has 0 unspecified atom stereocenters. The second-order valence-electron chi connectivity index (χ2n) is 7.67. The number of hydrogen-bond donors (Lipinski definition) is 1. The van der Waals surface area contributed by atoms with Gasteiger partial charge < -0.3 is 19.5 Å². The van der Waals surface area contributed by atoms with Crippen molar-refractivity contribution in [2.75, 3.05) is 13.2 Å². The maximum absolute atomic E-state index is 12.0. The maximum atomic E-state index is 12.0. The molecular formula is C18H24N6O4. The Morgan fingerprint density at radius 3 is 3.04 bits per heavy atom. The number of azide groups is 1. The summed E-state index contributed by atoms with van der Waals surface area (Å²) >= 11 is 0. The lowest BCUT2D eigenvalue weighted by atomic mass is 10.2. The molecule has 1 amide bonds. The fourth-order valence-electron chi connectivity index (χ4n) is 2.91. The van der Waals surface area contributed by atoms with Crippen molar-refractivity contribution in [3.05, 3.63) is 28.8 Å². The molecule has 1 aliphatic heterocycles. The van der Waals surface area contributed by atoms with Crippen molar-refractivity contribution < 1.29 is 19.0 Å². The van der Waals surface area contributed by atoms with Crippen molar-refractivity contribution in [1.82, 2.24) is 15.1 Å². The summed E-state index contributed by atoms with van der Waals surface area (Å²) in [6, 6.07) is 3.51. The highest BCUT2D eigenvalue weighted by Gasteiger charge is 2.25. The summed E-state index contributed by atoms with van der Waals surface area (Å²) in [7, 11) is 0. The molecule has 10 nitrogen and oxygen atoms in total. The first-order valence-corrected chi connectivity index (χ1v) is 9.05. The van der Waals surface area contributed by atoms with Crippen LogP contribution in [-0.4, -0.2) is 46.8 Å². The first-order chi connectivity index (χ1) is 13.3. The van der Waals surface area contributed by atoms with Crippen molar-refractivity contribution in [3.63, 3.8) is 0 Å². The molecular weight excluding hydrogens is 364 g/mol. The van der Waals surface area contributed by atoms with E-state index in [1.54, 1.807) is 10.9 Å². The lowest BCUT2D eigenvalue weighted by Gasteiger charge is -2.26. The summed E-state index contributed by atoms with van der Waals surface area (Å²) < 4.78 is 18.8. The first-order valence-electron chi connectivity index (χ1n) is 9.05. The maximum Gasteiger partial charge on any atom is 0.407 e. The fraction of sp³-hybridized carbons (Fsp3) is 0.556. The van der Waals surface area contributed by atoms with Crippen LogP contribution in [0.3, 0.4) is 0 Å². The van der Waals surface area contributed by atoms with Gasteiger partial charge in [-0.15, -0.1) is 0 Å². The van der Waals surface area contributed by atoms with E-state index in [1.165, 1.54) is 0 Å². The predicted octanol–water partition coefficient (Wildman–Crippen LogP) is 3.40. The largest absolute Gasteiger partial charge is 0.486 e. The average Bonchev–Trinajstić information content (AvgIpc) is 3.01. The summed E-state index contributed by atoms with van der Waals surface area (Å²) in [6.45, 7) is 8.22. The number of ether oxygens (including phenoxy) is 3. The number of hydrogen-bond acceptors (Lipinski definition) is 6. The van der Waals surface area contributed by atoms with E-state index in [4.69, 9.17) is 19.7 Å². The number of alkyl carbamates (subject to hydrolysis) is 1. The van der Waals surface area contributed by atoms with Crippen LogP contribution in [0.15, 0.2) is 23.4 Å². The Bertz CT molecular complexity index is 913. The van der Waals surface area contributed by atoms with Crippen LogP contribution in [0, 0.1) is 0 Å². The molecule has 0 aliphatic carbocycles. The Morgan fingerprint density at radius 1 is 1.54 bits per heavy atom. The van der Waals surface area contributed by atoms with Crippen LogP contribution in [0.4, 0.5) is 4.79 Å². The fourth-order valence-corrected chi connectivity index (χ4v) is 2.91. The third-order valence-corrected chi connectivity index (χ3v) is 3.99. The Kier molecular flexibility index (Phi) is 5.51. The molecule has 2 heterocycles. The van der Waals surface area contributed by atoms with Crippen LogP contribution < -0.4 is 14.8 Å². The van der Waals surface area contributed by atoms with Crippen LogP contribution in [0.5, 0.6) is 11.5 Å². The second-order valence-corrected chi connectivity index (χ2v) is 7.67. The van der Waals surface area contributed by atoms with Gasteiger partial charge in [0.15, 0.2) is 11.5 Å². The number of carbonyl (C=O) groups excluding carboxylic acids is 1. The third kappa shape index (κ3) is 4.58. The number of aromatic nitrogens is 2. The van der Waals surface area contributed by atoms with E-state index in [0.717, 1.165) is 10.9 Å². The number of fused-ring (bicyclic) bond motifs is 3. The van der Waals surface area contributed by atoms with Gasteiger partial charge in [0.1, 0.15) is 23.8 Å². The molecule has 2 atom stereocenters. The average molecular weight is 388 g/mol. The molecule has 0 spiro atoms. The van der Waals surface area contributed by atoms with Gasteiger partial charge in [-0.25, -0.2) is 4.79 Å². The Labute approximate surface area is 162 Å². The molecule has 0 fully saturated rings. The molecule has 1 N–H and O–H groups in total. The van der Waals surface area contributed by atoms with E-state index in [9.17, 15) is 4.79 Å². The Hall–Kier alpha value is -3.13. The molecule has 1 aromatic heterocycles. The van der Waals surface area contributed by atoms with Crippen LogP contribution >= 0.6 is 0 Å². The molecule has 3 rings (SSSR count). The molecule has 28 heavy (non-hydrogen) atoms. The Morgan fingerprint density at radius 2 is 2.32 bits per heavy atom. The monoisotopic (exact) mass is 388 g/mol. The van der Waals surface area contributed by atoms with Crippen LogP contribution in [0.1, 0.15) is 27.7 Å². The van der Waals surface area contributed by atoms with Crippen LogP contribution in [0.2, 0.25) is 0 Å². The second kappa shape index (κ2) is 7.85. The zero-order valence-electron chi connectivity index (χ0n) is 16.4. The third-order valence-electron chi connectivity index (χ3n) is 3.99. The molecule has 0 bridgehead atoms. The normalized spacial score (nSPS) is 16.9. The lowest BCUT2D eigenvalue weighted by molar-refractivity contribution is 0.0503. The topological polar surface area (TPSA) is 123 Å². The number of benzene rings is 1. The van der Waals surface area contributed by atoms with Gasteiger partial charge in [0.2, 0.25) is 0 Å². The standard InChI is InChI=1S/C18H24N6O4/c1-11(22-17(25)28-18(2,3)4)9-24-15-12(7-21-24)5-6-14-16(15)27-13(10-26-14)8-20-23-19/h5-7,11,13H,8-10H2,1-4H3,(H,22,25)/t11-,13-/m0/s1. The van der Waals surface area contributed by atoms with Gasteiger partial charge in [0.25, 0.3) is 0 Å². The van der Waals surface area contributed by atoms with Gasteiger partial charge >= 0.3 is 6.09 Å². The zero-order chi connectivity index (χ0) is 20.3. The summed E-state index contributed by atoms with van der Waals surface area (Å²) in [6.07, 6.45) is 0.887. The van der Waals surface area contributed by atoms with Crippen molar-refractivity contribution in [1.29, 1.82) is 0 Å². The lowest BCUT2D eigenvalue weighted by Crippen LogP contribution is -2.39. The Balaban J connectivity index is 1.79. The highest BCUT2D eigenvalue weighted by atomic mass is 16.6. The van der Waals surface area contributed by atoms with Gasteiger partial charge in [0, 0.05) is 16.3 Å². The highest BCUT2D eigenvalue weighted by Crippen LogP contribution is 2.39. The molecule has 1 aromatic carbocycles. The summed E-state index contributed by atoms with van der Waals surface area (Å²) in [4.78, 5) is 14.8. The molecule has 10 heteroatoms. The summed E-state index contributed by atoms with van der Waals surface area (Å²) in [5, 5.41) is 11.7. The van der Waals surface area contributed by atoms with Gasteiger partial charge in [-0.2, -0.15) is 5.10 Å². The number of rotatable bonds is 5. The van der Waals surface area contributed by atoms with E-state index < -0.39 is 11.7 Å².